The highest BCUT2D eigenvalue weighted by molar-refractivity contribution is 5.87. The van der Waals surface area contributed by atoms with Gasteiger partial charge in [-0.05, 0) is 50.4 Å². The Morgan fingerprint density at radius 2 is 1.91 bits per heavy atom. The third kappa shape index (κ3) is 4.71. The van der Waals surface area contributed by atoms with Gasteiger partial charge in [0.05, 0.1) is 12.0 Å². The molecule has 0 unspecified atom stereocenters. The van der Waals surface area contributed by atoms with E-state index in [-0.39, 0.29) is 5.91 Å². The van der Waals surface area contributed by atoms with Gasteiger partial charge in [-0.25, -0.2) is 0 Å². The summed E-state index contributed by atoms with van der Waals surface area (Å²) in [6.07, 6.45) is 1.02. The van der Waals surface area contributed by atoms with Crippen LogP contribution < -0.4 is 10.1 Å². The van der Waals surface area contributed by atoms with Crippen LogP contribution in [0.5, 0.6) is 5.75 Å². The SMILES string of the molecule is CC(C)COc1ccc(C(C)(C)C(=O)N2CCCNCC2)cc1. The lowest BCUT2D eigenvalue weighted by Gasteiger charge is -2.31. The van der Waals surface area contributed by atoms with Gasteiger partial charge in [-0.2, -0.15) is 0 Å². The molecule has 1 aromatic rings. The third-order valence-corrected chi connectivity index (χ3v) is 4.32. The quantitative estimate of drug-likeness (QED) is 0.908. The number of benzene rings is 1. The standard InChI is InChI=1S/C19H30N2O2/c1-15(2)14-23-17-8-6-16(7-9-17)19(3,4)18(22)21-12-5-10-20-11-13-21/h6-9,15,20H,5,10-14H2,1-4H3. The number of nitrogens with zero attached hydrogens (tertiary/aromatic N) is 1. The Bertz CT molecular complexity index is 501. The first kappa shape index (κ1) is 17.8. The summed E-state index contributed by atoms with van der Waals surface area (Å²) in [7, 11) is 0. The molecule has 1 aliphatic rings. The lowest BCUT2D eigenvalue weighted by molar-refractivity contribution is -0.136. The molecular weight excluding hydrogens is 288 g/mol. The van der Waals surface area contributed by atoms with Gasteiger partial charge in [0.15, 0.2) is 0 Å². The molecule has 1 heterocycles. The van der Waals surface area contributed by atoms with Gasteiger partial charge in [-0.3, -0.25) is 4.79 Å². The number of rotatable bonds is 5. The van der Waals surface area contributed by atoms with E-state index in [0.29, 0.717) is 12.5 Å². The van der Waals surface area contributed by atoms with Crippen molar-refractivity contribution in [3.8, 4) is 5.75 Å². The summed E-state index contributed by atoms with van der Waals surface area (Å²) in [5.41, 5.74) is 0.526. The summed E-state index contributed by atoms with van der Waals surface area (Å²) in [4.78, 5) is 14.9. The Morgan fingerprint density at radius 1 is 1.22 bits per heavy atom. The molecule has 4 heteroatoms. The number of hydrogen-bond acceptors (Lipinski definition) is 3. The maximum absolute atomic E-state index is 12.9. The van der Waals surface area contributed by atoms with Crippen LogP contribution in [-0.2, 0) is 10.2 Å². The molecule has 0 aliphatic carbocycles. The largest absolute Gasteiger partial charge is 0.493 e. The van der Waals surface area contributed by atoms with E-state index in [1.165, 1.54) is 0 Å². The molecule has 1 saturated heterocycles. The van der Waals surface area contributed by atoms with Crippen molar-refractivity contribution in [2.45, 2.75) is 39.5 Å². The van der Waals surface area contributed by atoms with Crippen molar-refractivity contribution in [1.82, 2.24) is 10.2 Å². The normalized spacial score (nSPS) is 16.3. The molecular formula is C19H30N2O2. The molecule has 1 N–H and O–H groups in total. The molecule has 128 valence electrons. The average Bonchev–Trinajstić information content (AvgIpc) is 2.81. The molecule has 0 saturated carbocycles. The fourth-order valence-corrected chi connectivity index (χ4v) is 2.80. The number of carbonyl (C=O) groups is 1. The van der Waals surface area contributed by atoms with E-state index in [1.54, 1.807) is 0 Å². The Morgan fingerprint density at radius 3 is 2.57 bits per heavy atom. The summed E-state index contributed by atoms with van der Waals surface area (Å²) in [5.74, 6) is 1.58. The van der Waals surface area contributed by atoms with Crippen molar-refractivity contribution < 1.29 is 9.53 Å². The van der Waals surface area contributed by atoms with Gasteiger partial charge in [-0.15, -0.1) is 0 Å². The highest BCUT2D eigenvalue weighted by atomic mass is 16.5. The summed E-state index contributed by atoms with van der Waals surface area (Å²) in [6.45, 7) is 12.5. The minimum absolute atomic E-state index is 0.206. The molecule has 1 aromatic carbocycles. The summed E-state index contributed by atoms with van der Waals surface area (Å²) in [6, 6.07) is 7.97. The van der Waals surface area contributed by atoms with Crippen LogP contribution in [-0.4, -0.2) is 43.6 Å². The van der Waals surface area contributed by atoms with E-state index < -0.39 is 5.41 Å². The van der Waals surface area contributed by atoms with Crippen molar-refractivity contribution >= 4 is 5.91 Å². The number of nitrogens with one attached hydrogen (secondary N) is 1. The predicted molar refractivity (Wildman–Crippen MR) is 93.9 cm³/mol. The predicted octanol–water partition coefficient (Wildman–Crippen LogP) is 2.82. The zero-order valence-corrected chi connectivity index (χ0v) is 14.9. The van der Waals surface area contributed by atoms with Crippen LogP contribution in [0.3, 0.4) is 0 Å². The van der Waals surface area contributed by atoms with Crippen LogP contribution in [0.2, 0.25) is 0 Å². The molecule has 1 aliphatic heterocycles. The van der Waals surface area contributed by atoms with Crippen LogP contribution in [0.15, 0.2) is 24.3 Å². The molecule has 23 heavy (non-hydrogen) atoms. The van der Waals surface area contributed by atoms with Gasteiger partial charge < -0.3 is 15.0 Å². The smallest absolute Gasteiger partial charge is 0.232 e. The first-order valence-electron chi connectivity index (χ1n) is 8.64. The second-order valence-corrected chi connectivity index (χ2v) is 7.25. The Labute approximate surface area is 140 Å². The van der Waals surface area contributed by atoms with Crippen molar-refractivity contribution in [3.05, 3.63) is 29.8 Å². The Kier molecular flexibility index (Phi) is 6.05. The number of amides is 1. The number of hydrogen-bond donors (Lipinski definition) is 1. The van der Waals surface area contributed by atoms with Crippen LogP contribution in [0.25, 0.3) is 0 Å². The lowest BCUT2D eigenvalue weighted by atomic mass is 9.83. The molecule has 1 fully saturated rings. The van der Waals surface area contributed by atoms with Crippen LogP contribution >= 0.6 is 0 Å². The zero-order chi connectivity index (χ0) is 16.9. The van der Waals surface area contributed by atoms with E-state index in [2.05, 4.69) is 19.2 Å². The summed E-state index contributed by atoms with van der Waals surface area (Å²) in [5, 5.41) is 3.34. The summed E-state index contributed by atoms with van der Waals surface area (Å²) < 4.78 is 5.72. The van der Waals surface area contributed by atoms with E-state index in [4.69, 9.17) is 4.74 Å². The Hall–Kier alpha value is -1.55. The van der Waals surface area contributed by atoms with Gasteiger partial charge in [0.2, 0.25) is 5.91 Å². The molecule has 1 amide bonds. The van der Waals surface area contributed by atoms with Crippen molar-refractivity contribution in [2.75, 3.05) is 32.8 Å². The average molecular weight is 318 g/mol. The fourth-order valence-electron chi connectivity index (χ4n) is 2.80. The van der Waals surface area contributed by atoms with Crippen molar-refractivity contribution in [2.24, 2.45) is 5.92 Å². The van der Waals surface area contributed by atoms with Gasteiger partial charge in [0, 0.05) is 19.6 Å². The van der Waals surface area contributed by atoms with E-state index in [1.807, 2.05) is 43.0 Å². The summed E-state index contributed by atoms with van der Waals surface area (Å²) >= 11 is 0. The fraction of sp³-hybridized carbons (Fsp3) is 0.632. The van der Waals surface area contributed by atoms with Crippen LogP contribution in [0.4, 0.5) is 0 Å². The molecule has 0 aromatic heterocycles. The van der Waals surface area contributed by atoms with Crippen molar-refractivity contribution in [1.29, 1.82) is 0 Å². The maximum Gasteiger partial charge on any atom is 0.232 e. The second kappa shape index (κ2) is 7.82. The highest BCUT2D eigenvalue weighted by Gasteiger charge is 2.33. The third-order valence-electron chi connectivity index (χ3n) is 4.32. The van der Waals surface area contributed by atoms with Crippen LogP contribution in [0, 0.1) is 5.92 Å². The maximum atomic E-state index is 12.9. The molecule has 2 rings (SSSR count). The minimum Gasteiger partial charge on any atom is -0.493 e. The van der Waals surface area contributed by atoms with Gasteiger partial charge in [0.1, 0.15) is 5.75 Å². The first-order valence-corrected chi connectivity index (χ1v) is 8.64. The molecule has 0 spiro atoms. The van der Waals surface area contributed by atoms with Gasteiger partial charge in [0.25, 0.3) is 0 Å². The van der Waals surface area contributed by atoms with E-state index >= 15 is 0 Å². The first-order chi connectivity index (χ1) is 10.9. The zero-order valence-electron chi connectivity index (χ0n) is 14.9. The van der Waals surface area contributed by atoms with Crippen molar-refractivity contribution in [3.63, 3.8) is 0 Å². The topological polar surface area (TPSA) is 41.6 Å². The minimum atomic E-state index is -0.513. The van der Waals surface area contributed by atoms with Crippen LogP contribution in [0.1, 0.15) is 39.7 Å². The monoisotopic (exact) mass is 318 g/mol. The highest BCUT2D eigenvalue weighted by Crippen LogP contribution is 2.28. The van der Waals surface area contributed by atoms with E-state index in [0.717, 1.165) is 43.9 Å². The molecule has 0 bridgehead atoms. The molecule has 0 radical (unpaired) electrons. The molecule has 4 nitrogen and oxygen atoms in total. The second-order valence-electron chi connectivity index (χ2n) is 7.25. The molecule has 0 atom stereocenters. The van der Waals surface area contributed by atoms with Gasteiger partial charge >= 0.3 is 0 Å². The number of ether oxygens (including phenoxy) is 1. The Balaban J connectivity index is 2.06. The van der Waals surface area contributed by atoms with Gasteiger partial charge in [-0.1, -0.05) is 26.0 Å². The lowest BCUT2D eigenvalue weighted by Crippen LogP contribution is -2.44. The van der Waals surface area contributed by atoms with E-state index in [9.17, 15) is 4.79 Å². The number of carbonyl (C=O) groups excluding carboxylic acids is 1.